The number of hydrogen-bond donors (Lipinski definition) is 2. The summed E-state index contributed by atoms with van der Waals surface area (Å²) in [6, 6.07) is 15.2. The second-order valence-corrected chi connectivity index (χ2v) is 7.36. The fraction of sp³-hybridized carbons (Fsp3) is 0.0909. The predicted octanol–water partition coefficient (Wildman–Crippen LogP) is 6.28. The van der Waals surface area contributed by atoms with Crippen molar-refractivity contribution in [1.29, 1.82) is 0 Å². The summed E-state index contributed by atoms with van der Waals surface area (Å²) < 4.78 is 43.8. The second-order valence-electron chi connectivity index (χ2n) is 6.51. The Labute approximate surface area is 191 Å². The van der Waals surface area contributed by atoms with Crippen LogP contribution in [0.1, 0.15) is 15.9 Å². The Kier molecular flexibility index (Phi) is 7.27. The molecule has 0 unspecified atom stereocenters. The molecule has 0 saturated heterocycles. The van der Waals surface area contributed by atoms with Crippen LogP contribution >= 0.6 is 23.2 Å². The average Bonchev–Trinajstić information content (AvgIpc) is 2.75. The predicted molar refractivity (Wildman–Crippen MR) is 116 cm³/mol. The van der Waals surface area contributed by atoms with Gasteiger partial charge in [-0.3, -0.25) is 9.59 Å². The van der Waals surface area contributed by atoms with Crippen molar-refractivity contribution in [2.75, 3.05) is 17.2 Å². The number of anilines is 2. The molecular formula is C22H15Cl2F3N2O3. The van der Waals surface area contributed by atoms with Crippen molar-refractivity contribution >= 4 is 46.4 Å². The number of nitrogens with one attached hydrogen (secondary N) is 2. The molecule has 3 rings (SSSR count). The van der Waals surface area contributed by atoms with Crippen LogP contribution in [0.25, 0.3) is 0 Å². The highest BCUT2D eigenvalue weighted by Crippen LogP contribution is 2.33. The van der Waals surface area contributed by atoms with Crippen molar-refractivity contribution < 1.29 is 27.5 Å². The van der Waals surface area contributed by atoms with Gasteiger partial charge in [-0.25, -0.2) is 0 Å². The molecule has 0 aliphatic heterocycles. The summed E-state index contributed by atoms with van der Waals surface area (Å²) in [7, 11) is 0. The lowest BCUT2D eigenvalue weighted by molar-refractivity contribution is -0.137. The highest BCUT2D eigenvalue weighted by atomic mass is 35.5. The van der Waals surface area contributed by atoms with Gasteiger partial charge >= 0.3 is 6.18 Å². The summed E-state index contributed by atoms with van der Waals surface area (Å²) in [4.78, 5) is 24.3. The normalized spacial score (nSPS) is 11.0. The van der Waals surface area contributed by atoms with Crippen LogP contribution in [0.3, 0.4) is 0 Å². The summed E-state index contributed by atoms with van der Waals surface area (Å²) in [5.41, 5.74) is -0.188. The third-order valence-corrected chi connectivity index (χ3v) is 4.74. The molecule has 2 N–H and O–H groups in total. The monoisotopic (exact) mass is 482 g/mol. The van der Waals surface area contributed by atoms with Gasteiger partial charge in [0.05, 0.1) is 16.3 Å². The summed E-state index contributed by atoms with van der Waals surface area (Å²) >= 11 is 11.7. The maximum Gasteiger partial charge on any atom is 0.416 e. The topological polar surface area (TPSA) is 67.4 Å². The molecule has 0 atom stereocenters. The third-order valence-electron chi connectivity index (χ3n) is 4.16. The first kappa shape index (κ1) is 23.4. The van der Waals surface area contributed by atoms with E-state index in [0.29, 0.717) is 22.0 Å². The maximum absolute atomic E-state index is 12.8. The van der Waals surface area contributed by atoms with Crippen molar-refractivity contribution in [2.24, 2.45) is 0 Å². The molecule has 0 heterocycles. The zero-order valence-corrected chi connectivity index (χ0v) is 17.7. The third kappa shape index (κ3) is 6.38. The number of alkyl halides is 3. The molecule has 0 radical (unpaired) electrons. The van der Waals surface area contributed by atoms with Crippen LogP contribution in [0.5, 0.6) is 5.75 Å². The van der Waals surface area contributed by atoms with Crippen LogP contribution in [0, 0.1) is 0 Å². The van der Waals surface area contributed by atoms with Crippen LogP contribution in [0.15, 0.2) is 66.7 Å². The minimum absolute atomic E-state index is 0.0394. The average molecular weight is 483 g/mol. The molecule has 32 heavy (non-hydrogen) atoms. The number of ether oxygens (including phenoxy) is 1. The van der Waals surface area contributed by atoms with E-state index in [0.717, 1.165) is 18.2 Å². The molecule has 3 aromatic rings. The van der Waals surface area contributed by atoms with Crippen molar-refractivity contribution in [3.05, 3.63) is 87.9 Å². The SMILES string of the molecule is O=C(COc1ccc(C(=O)Nc2ccc(Cl)cc2)cc1)Nc1cc(C(F)(F)F)ccc1Cl. The number of carbonyl (C=O) groups excluding carboxylic acids is 2. The van der Waals surface area contributed by atoms with E-state index in [2.05, 4.69) is 10.6 Å². The quantitative estimate of drug-likeness (QED) is 0.434. The van der Waals surface area contributed by atoms with E-state index < -0.39 is 24.3 Å². The van der Waals surface area contributed by atoms with E-state index in [1.165, 1.54) is 24.3 Å². The fourth-order valence-electron chi connectivity index (χ4n) is 2.57. The molecule has 0 fully saturated rings. The molecule has 0 aliphatic carbocycles. The van der Waals surface area contributed by atoms with Crippen LogP contribution in [-0.4, -0.2) is 18.4 Å². The van der Waals surface area contributed by atoms with Gasteiger partial charge in [-0.2, -0.15) is 13.2 Å². The summed E-state index contributed by atoms with van der Waals surface area (Å²) in [6.07, 6.45) is -4.57. The maximum atomic E-state index is 12.8. The number of rotatable bonds is 6. The Hall–Kier alpha value is -3.23. The molecule has 10 heteroatoms. The van der Waals surface area contributed by atoms with Gasteiger partial charge in [0.1, 0.15) is 5.75 Å². The first-order valence-corrected chi connectivity index (χ1v) is 9.84. The molecule has 166 valence electrons. The van der Waals surface area contributed by atoms with E-state index in [9.17, 15) is 22.8 Å². The van der Waals surface area contributed by atoms with Crippen LogP contribution in [0.2, 0.25) is 10.0 Å². The zero-order valence-electron chi connectivity index (χ0n) is 16.2. The number of amides is 2. The van der Waals surface area contributed by atoms with E-state index in [4.69, 9.17) is 27.9 Å². The summed E-state index contributed by atoms with van der Waals surface area (Å²) in [5, 5.41) is 5.50. The standard InChI is InChI=1S/C22H15Cl2F3N2O3/c23-15-4-6-16(7-5-15)28-21(31)13-1-8-17(9-2-13)32-12-20(30)29-19-11-14(22(25,26)27)3-10-18(19)24/h1-11H,12H2,(H,28,31)(H,29,30). The van der Waals surface area contributed by atoms with Gasteiger partial charge in [0.15, 0.2) is 6.61 Å². The lowest BCUT2D eigenvalue weighted by Crippen LogP contribution is -2.21. The fourth-order valence-corrected chi connectivity index (χ4v) is 2.86. The second kappa shape index (κ2) is 9.93. The summed E-state index contributed by atoms with van der Waals surface area (Å²) in [6.45, 7) is -0.469. The smallest absolute Gasteiger partial charge is 0.416 e. The largest absolute Gasteiger partial charge is 0.484 e. The zero-order chi connectivity index (χ0) is 23.3. The highest BCUT2D eigenvalue weighted by molar-refractivity contribution is 6.33. The van der Waals surface area contributed by atoms with E-state index in [-0.39, 0.29) is 16.6 Å². The van der Waals surface area contributed by atoms with Gasteiger partial charge in [0.25, 0.3) is 11.8 Å². The van der Waals surface area contributed by atoms with Crippen molar-refractivity contribution in [3.63, 3.8) is 0 Å². The van der Waals surface area contributed by atoms with E-state index >= 15 is 0 Å². The van der Waals surface area contributed by atoms with Crippen LogP contribution < -0.4 is 15.4 Å². The number of benzene rings is 3. The highest BCUT2D eigenvalue weighted by Gasteiger charge is 2.31. The molecule has 5 nitrogen and oxygen atoms in total. The molecule has 3 aromatic carbocycles. The Balaban J connectivity index is 1.55. The Morgan fingerprint density at radius 2 is 1.53 bits per heavy atom. The molecule has 2 amide bonds. The molecular weight excluding hydrogens is 468 g/mol. The lowest BCUT2D eigenvalue weighted by atomic mass is 10.2. The Morgan fingerprint density at radius 3 is 2.16 bits per heavy atom. The van der Waals surface area contributed by atoms with E-state index in [1.54, 1.807) is 24.3 Å². The van der Waals surface area contributed by atoms with Crippen LogP contribution in [0.4, 0.5) is 24.5 Å². The number of hydrogen-bond acceptors (Lipinski definition) is 3. The first-order valence-electron chi connectivity index (χ1n) is 9.08. The number of carbonyl (C=O) groups is 2. The van der Waals surface area contributed by atoms with Gasteiger partial charge in [0, 0.05) is 16.3 Å². The minimum Gasteiger partial charge on any atom is -0.484 e. The minimum atomic E-state index is -4.57. The Morgan fingerprint density at radius 1 is 0.875 bits per heavy atom. The van der Waals surface area contributed by atoms with Gasteiger partial charge in [-0.1, -0.05) is 23.2 Å². The lowest BCUT2D eigenvalue weighted by Gasteiger charge is -2.12. The Bertz CT molecular complexity index is 1120. The molecule has 0 aromatic heterocycles. The van der Waals surface area contributed by atoms with Crippen molar-refractivity contribution in [1.82, 2.24) is 0 Å². The van der Waals surface area contributed by atoms with Crippen molar-refractivity contribution in [3.8, 4) is 5.75 Å². The van der Waals surface area contributed by atoms with Crippen LogP contribution in [-0.2, 0) is 11.0 Å². The van der Waals surface area contributed by atoms with Crippen molar-refractivity contribution in [2.45, 2.75) is 6.18 Å². The van der Waals surface area contributed by atoms with Gasteiger partial charge in [-0.05, 0) is 66.7 Å². The number of halogens is 5. The van der Waals surface area contributed by atoms with Gasteiger partial charge in [-0.15, -0.1) is 0 Å². The van der Waals surface area contributed by atoms with Gasteiger partial charge in [0.2, 0.25) is 0 Å². The molecule has 0 aliphatic rings. The molecule has 0 saturated carbocycles. The van der Waals surface area contributed by atoms with Gasteiger partial charge < -0.3 is 15.4 Å². The first-order chi connectivity index (χ1) is 15.1. The molecule has 0 spiro atoms. The van der Waals surface area contributed by atoms with E-state index in [1.807, 2.05) is 0 Å². The molecule has 0 bridgehead atoms. The summed E-state index contributed by atoms with van der Waals surface area (Å²) in [5.74, 6) is -0.759.